The van der Waals surface area contributed by atoms with Gasteiger partial charge >= 0.3 is 0 Å². The fourth-order valence-corrected chi connectivity index (χ4v) is 3.77. The number of hydrogen-bond acceptors (Lipinski definition) is 5. The first-order valence-electron chi connectivity index (χ1n) is 7.55. The van der Waals surface area contributed by atoms with E-state index < -0.39 is 0 Å². The number of ether oxygens (including phenoxy) is 1. The van der Waals surface area contributed by atoms with E-state index in [4.69, 9.17) is 4.74 Å². The third-order valence-corrected chi connectivity index (χ3v) is 4.86. The Kier molecular flexibility index (Phi) is 3.74. The molecule has 4 nitrogen and oxygen atoms in total. The topological polar surface area (TPSA) is 47.0 Å². The van der Waals surface area contributed by atoms with Gasteiger partial charge in [-0.15, -0.1) is 11.3 Å². The van der Waals surface area contributed by atoms with Crippen LogP contribution in [0, 0.1) is 0 Å². The summed E-state index contributed by atoms with van der Waals surface area (Å²) in [5.74, 6) is 0.903. The second kappa shape index (κ2) is 6.02. The smallest absolute Gasteiger partial charge is 0.138 e. The molecule has 3 aromatic rings. The Morgan fingerprint density at radius 3 is 2.95 bits per heavy atom. The summed E-state index contributed by atoms with van der Waals surface area (Å²) in [7, 11) is 0. The van der Waals surface area contributed by atoms with Gasteiger partial charge in [-0.1, -0.05) is 30.3 Å². The molecule has 0 radical (unpaired) electrons. The summed E-state index contributed by atoms with van der Waals surface area (Å²) in [6.45, 7) is 1.68. The molecule has 4 rings (SSSR count). The zero-order valence-electron chi connectivity index (χ0n) is 12.2. The molecule has 0 bridgehead atoms. The van der Waals surface area contributed by atoms with Crippen molar-refractivity contribution >= 4 is 27.4 Å². The number of fused-ring (bicyclic) bond motifs is 1. The van der Waals surface area contributed by atoms with Crippen LogP contribution in [0.3, 0.4) is 0 Å². The largest absolute Gasteiger partial charge is 0.376 e. The van der Waals surface area contributed by atoms with Crippen molar-refractivity contribution in [1.82, 2.24) is 9.97 Å². The first-order chi connectivity index (χ1) is 10.9. The highest BCUT2D eigenvalue weighted by atomic mass is 32.1. The molecule has 1 fully saturated rings. The van der Waals surface area contributed by atoms with E-state index in [9.17, 15) is 0 Å². The van der Waals surface area contributed by atoms with Gasteiger partial charge < -0.3 is 10.1 Å². The van der Waals surface area contributed by atoms with Crippen LogP contribution >= 0.6 is 11.3 Å². The van der Waals surface area contributed by atoms with Crippen molar-refractivity contribution in [2.45, 2.75) is 18.9 Å². The van der Waals surface area contributed by atoms with E-state index in [-0.39, 0.29) is 0 Å². The Balaban J connectivity index is 1.70. The summed E-state index contributed by atoms with van der Waals surface area (Å²) >= 11 is 1.66. The predicted molar refractivity (Wildman–Crippen MR) is 90.3 cm³/mol. The molecule has 0 aliphatic carbocycles. The van der Waals surface area contributed by atoms with Crippen LogP contribution in [0.2, 0.25) is 0 Å². The fourth-order valence-electron chi connectivity index (χ4n) is 2.86. The SMILES string of the molecule is c1ccc(-c2csc3ncnc(NCC4CCCO4)c23)cc1. The molecule has 1 saturated heterocycles. The molecule has 5 heteroatoms. The van der Waals surface area contributed by atoms with Gasteiger partial charge in [-0.3, -0.25) is 0 Å². The van der Waals surface area contributed by atoms with E-state index in [2.05, 4.69) is 44.9 Å². The van der Waals surface area contributed by atoms with Crippen LogP contribution in [-0.2, 0) is 4.74 Å². The molecule has 1 unspecified atom stereocenters. The van der Waals surface area contributed by atoms with Crippen LogP contribution in [0.15, 0.2) is 42.0 Å². The van der Waals surface area contributed by atoms with Crippen LogP contribution in [0.5, 0.6) is 0 Å². The quantitative estimate of drug-likeness (QED) is 0.792. The molecule has 3 heterocycles. The highest BCUT2D eigenvalue weighted by molar-refractivity contribution is 7.17. The summed E-state index contributed by atoms with van der Waals surface area (Å²) in [4.78, 5) is 9.88. The minimum absolute atomic E-state index is 0.295. The van der Waals surface area contributed by atoms with E-state index in [0.717, 1.165) is 42.0 Å². The van der Waals surface area contributed by atoms with Crippen molar-refractivity contribution in [3.05, 3.63) is 42.0 Å². The Bertz CT molecular complexity index is 766. The van der Waals surface area contributed by atoms with Crippen molar-refractivity contribution < 1.29 is 4.74 Å². The number of rotatable bonds is 4. The summed E-state index contributed by atoms with van der Waals surface area (Å²) in [5, 5.41) is 6.72. The lowest BCUT2D eigenvalue weighted by atomic mass is 10.1. The molecule has 1 aliphatic heterocycles. The van der Waals surface area contributed by atoms with Crippen LogP contribution in [-0.4, -0.2) is 29.2 Å². The maximum absolute atomic E-state index is 5.68. The highest BCUT2D eigenvalue weighted by Crippen LogP contribution is 2.36. The van der Waals surface area contributed by atoms with Gasteiger partial charge in [-0.05, 0) is 18.4 Å². The van der Waals surface area contributed by atoms with Gasteiger partial charge in [-0.25, -0.2) is 9.97 Å². The van der Waals surface area contributed by atoms with Crippen LogP contribution in [0.4, 0.5) is 5.82 Å². The molecule has 2 aromatic heterocycles. The number of thiophene rings is 1. The first-order valence-corrected chi connectivity index (χ1v) is 8.43. The molecule has 0 spiro atoms. The second-order valence-corrected chi connectivity index (χ2v) is 6.29. The van der Waals surface area contributed by atoms with Crippen molar-refractivity contribution in [1.29, 1.82) is 0 Å². The van der Waals surface area contributed by atoms with Gasteiger partial charge in [0.15, 0.2) is 0 Å². The van der Waals surface area contributed by atoms with Crippen molar-refractivity contribution in [2.75, 3.05) is 18.5 Å². The third kappa shape index (κ3) is 2.58. The summed E-state index contributed by atoms with van der Waals surface area (Å²) in [6, 6.07) is 10.4. The van der Waals surface area contributed by atoms with Crippen molar-refractivity contribution in [2.24, 2.45) is 0 Å². The molecule has 1 atom stereocenters. The van der Waals surface area contributed by atoms with Crippen LogP contribution < -0.4 is 5.32 Å². The Morgan fingerprint density at radius 1 is 1.23 bits per heavy atom. The number of nitrogens with zero attached hydrogens (tertiary/aromatic N) is 2. The number of aromatic nitrogens is 2. The van der Waals surface area contributed by atoms with Gasteiger partial charge in [0.25, 0.3) is 0 Å². The molecular weight excluding hydrogens is 294 g/mol. The van der Waals surface area contributed by atoms with E-state index in [0.29, 0.717) is 6.10 Å². The Labute approximate surface area is 133 Å². The van der Waals surface area contributed by atoms with Gasteiger partial charge in [0, 0.05) is 24.1 Å². The lowest BCUT2D eigenvalue weighted by Crippen LogP contribution is -2.19. The maximum Gasteiger partial charge on any atom is 0.138 e. The predicted octanol–water partition coefficient (Wildman–Crippen LogP) is 3.95. The normalized spacial score (nSPS) is 17.9. The molecule has 112 valence electrons. The summed E-state index contributed by atoms with van der Waals surface area (Å²) in [5.41, 5.74) is 2.39. The first kappa shape index (κ1) is 13.7. The zero-order valence-corrected chi connectivity index (χ0v) is 13.0. The third-order valence-electron chi connectivity index (χ3n) is 3.98. The number of anilines is 1. The minimum Gasteiger partial charge on any atom is -0.376 e. The van der Waals surface area contributed by atoms with Crippen LogP contribution in [0.1, 0.15) is 12.8 Å². The lowest BCUT2D eigenvalue weighted by molar-refractivity contribution is 0.120. The summed E-state index contributed by atoms with van der Waals surface area (Å²) in [6.07, 6.45) is 4.20. The molecular formula is C17H17N3OS. The number of nitrogens with one attached hydrogen (secondary N) is 1. The lowest BCUT2D eigenvalue weighted by Gasteiger charge is -2.12. The van der Waals surface area contributed by atoms with Gasteiger partial charge in [-0.2, -0.15) is 0 Å². The number of hydrogen-bond donors (Lipinski definition) is 1. The monoisotopic (exact) mass is 311 g/mol. The van der Waals surface area contributed by atoms with Gasteiger partial charge in [0.05, 0.1) is 11.5 Å². The van der Waals surface area contributed by atoms with E-state index >= 15 is 0 Å². The molecule has 1 aliphatic rings. The standard InChI is InChI=1S/C17H17N3OS/c1-2-5-12(6-3-1)14-10-22-17-15(14)16(19-11-20-17)18-9-13-7-4-8-21-13/h1-3,5-6,10-11,13H,4,7-9H2,(H,18,19,20). The van der Waals surface area contributed by atoms with Crippen LogP contribution in [0.25, 0.3) is 21.3 Å². The molecule has 0 amide bonds. The van der Waals surface area contributed by atoms with E-state index in [1.54, 1.807) is 17.7 Å². The highest BCUT2D eigenvalue weighted by Gasteiger charge is 2.17. The van der Waals surface area contributed by atoms with E-state index in [1.807, 2.05) is 6.07 Å². The summed E-state index contributed by atoms with van der Waals surface area (Å²) < 4.78 is 5.68. The number of benzene rings is 1. The van der Waals surface area contributed by atoms with Crippen molar-refractivity contribution in [3.63, 3.8) is 0 Å². The second-order valence-electron chi connectivity index (χ2n) is 5.43. The minimum atomic E-state index is 0.295. The molecule has 0 saturated carbocycles. The zero-order chi connectivity index (χ0) is 14.8. The maximum atomic E-state index is 5.68. The Morgan fingerprint density at radius 2 is 2.14 bits per heavy atom. The Hall–Kier alpha value is -1.98. The van der Waals surface area contributed by atoms with E-state index in [1.165, 1.54) is 11.1 Å². The fraction of sp³-hybridized carbons (Fsp3) is 0.294. The van der Waals surface area contributed by atoms with Gasteiger partial charge in [0.1, 0.15) is 17.0 Å². The van der Waals surface area contributed by atoms with Gasteiger partial charge in [0.2, 0.25) is 0 Å². The average Bonchev–Trinajstić information content (AvgIpc) is 3.23. The van der Waals surface area contributed by atoms with Crippen molar-refractivity contribution in [3.8, 4) is 11.1 Å². The molecule has 1 N–H and O–H groups in total. The molecule has 22 heavy (non-hydrogen) atoms. The molecule has 1 aromatic carbocycles. The average molecular weight is 311 g/mol.